The number of nitrogens with zero attached hydrogens (tertiary/aromatic N) is 4. The Balaban J connectivity index is 1.65. The van der Waals surface area contributed by atoms with Gasteiger partial charge in [0.25, 0.3) is 0 Å². The van der Waals surface area contributed by atoms with Crippen LogP contribution in [0.4, 0.5) is 5.82 Å². The van der Waals surface area contributed by atoms with E-state index in [2.05, 4.69) is 10.00 Å². The molecular formula is C17H28N4O2. The summed E-state index contributed by atoms with van der Waals surface area (Å²) in [6.45, 7) is 3.48. The summed E-state index contributed by atoms with van der Waals surface area (Å²) in [4.78, 5) is 16.8. The molecule has 3 atom stereocenters. The lowest BCUT2D eigenvalue weighted by Crippen LogP contribution is -2.44. The van der Waals surface area contributed by atoms with Crippen molar-refractivity contribution in [3.05, 3.63) is 11.8 Å². The smallest absolute Gasteiger partial charge is 0.245 e. The maximum atomic E-state index is 12.8. The van der Waals surface area contributed by atoms with Gasteiger partial charge in [0.15, 0.2) is 0 Å². The standard InChI is InChI=1S/C17H28N4O2/c1-12-10-16(20(3)18-12)21-9-8-14(17(21)23)19(2)11-13-6-4-5-7-15(13)22/h10,13-15,22H,4-9,11H2,1-3H3. The minimum Gasteiger partial charge on any atom is -0.393 e. The van der Waals surface area contributed by atoms with Gasteiger partial charge in [-0.2, -0.15) is 5.10 Å². The SMILES string of the molecule is Cc1cc(N2CCC(N(C)CC3CCCCC3O)C2=O)n(C)n1. The summed E-state index contributed by atoms with van der Waals surface area (Å²) in [5.41, 5.74) is 0.928. The Morgan fingerprint density at radius 1 is 1.35 bits per heavy atom. The van der Waals surface area contributed by atoms with Crippen molar-refractivity contribution in [3.63, 3.8) is 0 Å². The quantitative estimate of drug-likeness (QED) is 0.909. The molecule has 1 aromatic heterocycles. The molecule has 1 saturated carbocycles. The molecule has 0 aromatic carbocycles. The van der Waals surface area contributed by atoms with Gasteiger partial charge in [0.2, 0.25) is 5.91 Å². The fourth-order valence-electron chi connectivity index (χ4n) is 4.05. The molecule has 0 bridgehead atoms. The predicted octanol–water partition coefficient (Wildman–Crippen LogP) is 1.32. The molecule has 2 aliphatic rings. The summed E-state index contributed by atoms with van der Waals surface area (Å²) in [6, 6.07) is 1.88. The second-order valence-corrected chi connectivity index (χ2v) is 7.11. The molecule has 1 aliphatic heterocycles. The predicted molar refractivity (Wildman–Crippen MR) is 89.3 cm³/mol. The van der Waals surface area contributed by atoms with E-state index in [1.165, 1.54) is 6.42 Å². The first-order valence-electron chi connectivity index (χ1n) is 8.67. The molecule has 0 spiro atoms. The number of hydrogen-bond donors (Lipinski definition) is 1. The van der Waals surface area contributed by atoms with Crippen LogP contribution in [0.2, 0.25) is 0 Å². The van der Waals surface area contributed by atoms with Gasteiger partial charge in [-0.3, -0.25) is 19.3 Å². The fourth-order valence-corrected chi connectivity index (χ4v) is 4.05. The van der Waals surface area contributed by atoms with E-state index >= 15 is 0 Å². The normalized spacial score (nSPS) is 28.8. The Morgan fingerprint density at radius 3 is 2.74 bits per heavy atom. The first-order chi connectivity index (χ1) is 11.0. The Hall–Kier alpha value is -1.40. The number of carbonyl (C=O) groups is 1. The van der Waals surface area contributed by atoms with Gasteiger partial charge < -0.3 is 5.11 Å². The first-order valence-corrected chi connectivity index (χ1v) is 8.67. The van der Waals surface area contributed by atoms with Crippen LogP contribution in [-0.2, 0) is 11.8 Å². The van der Waals surface area contributed by atoms with E-state index in [0.717, 1.165) is 50.3 Å². The summed E-state index contributed by atoms with van der Waals surface area (Å²) in [5, 5.41) is 14.5. The maximum absolute atomic E-state index is 12.8. The highest BCUT2D eigenvalue weighted by Gasteiger charge is 2.37. The van der Waals surface area contributed by atoms with E-state index in [-0.39, 0.29) is 18.1 Å². The Kier molecular flexibility index (Phi) is 4.73. The number of aliphatic hydroxyl groups is 1. The van der Waals surface area contributed by atoms with Crippen molar-refractivity contribution in [2.24, 2.45) is 13.0 Å². The summed E-state index contributed by atoms with van der Waals surface area (Å²) >= 11 is 0. The van der Waals surface area contributed by atoms with Gasteiger partial charge in [0, 0.05) is 26.2 Å². The van der Waals surface area contributed by atoms with E-state index in [0.29, 0.717) is 5.92 Å². The monoisotopic (exact) mass is 320 g/mol. The highest BCUT2D eigenvalue weighted by Crippen LogP contribution is 2.28. The molecular weight excluding hydrogens is 292 g/mol. The van der Waals surface area contributed by atoms with Crippen LogP contribution in [0.25, 0.3) is 0 Å². The van der Waals surface area contributed by atoms with Gasteiger partial charge in [-0.15, -0.1) is 0 Å². The van der Waals surface area contributed by atoms with E-state index in [4.69, 9.17) is 0 Å². The van der Waals surface area contributed by atoms with Crippen molar-refractivity contribution in [2.45, 2.75) is 51.2 Å². The zero-order valence-corrected chi connectivity index (χ0v) is 14.4. The van der Waals surface area contributed by atoms with Crippen molar-refractivity contribution in [3.8, 4) is 0 Å². The van der Waals surface area contributed by atoms with Crippen LogP contribution in [0.1, 0.15) is 37.8 Å². The van der Waals surface area contributed by atoms with Crippen molar-refractivity contribution in [2.75, 3.05) is 25.0 Å². The van der Waals surface area contributed by atoms with Crippen LogP contribution >= 0.6 is 0 Å². The van der Waals surface area contributed by atoms with E-state index < -0.39 is 0 Å². The Morgan fingerprint density at radius 2 is 2.09 bits per heavy atom. The van der Waals surface area contributed by atoms with Gasteiger partial charge in [0.05, 0.1) is 17.8 Å². The molecule has 3 unspecified atom stereocenters. The molecule has 3 rings (SSSR count). The van der Waals surface area contributed by atoms with Gasteiger partial charge in [-0.1, -0.05) is 12.8 Å². The molecule has 6 nitrogen and oxygen atoms in total. The van der Waals surface area contributed by atoms with E-state index in [1.807, 2.05) is 32.0 Å². The van der Waals surface area contributed by atoms with Gasteiger partial charge in [-0.25, -0.2) is 0 Å². The number of carbonyl (C=O) groups excluding carboxylic acids is 1. The van der Waals surface area contributed by atoms with Crippen LogP contribution < -0.4 is 4.90 Å². The summed E-state index contributed by atoms with van der Waals surface area (Å²) in [5.74, 6) is 1.33. The van der Waals surface area contributed by atoms with Crippen molar-refractivity contribution in [1.29, 1.82) is 0 Å². The van der Waals surface area contributed by atoms with Crippen molar-refractivity contribution >= 4 is 11.7 Å². The highest BCUT2D eigenvalue weighted by molar-refractivity contribution is 5.98. The van der Waals surface area contributed by atoms with Gasteiger partial charge in [0.1, 0.15) is 5.82 Å². The molecule has 1 amide bonds. The number of aromatic nitrogens is 2. The summed E-state index contributed by atoms with van der Waals surface area (Å²) in [6.07, 6.45) is 4.90. The van der Waals surface area contributed by atoms with E-state index in [1.54, 1.807) is 4.68 Å². The van der Waals surface area contributed by atoms with Crippen LogP contribution in [-0.4, -0.2) is 58.0 Å². The molecule has 23 heavy (non-hydrogen) atoms. The largest absolute Gasteiger partial charge is 0.393 e. The van der Waals surface area contributed by atoms with Gasteiger partial charge in [-0.05, 0) is 39.2 Å². The third-order valence-corrected chi connectivity index (χ3v) is 5.35. The number of aliphatic hydroxyl groups excluding tert-OH is 1. The molecule has 0 radical (unpaired) electrons. The van der Waals surface area contributed by atoms with E-state index in [9.17, 15) is 9.90 Å². The average molecular weight is 320 g/mol. The molecule has 1 saturated heterocycles. The Bertz CT molecular complexity index is 571. The number of amides is 1. The van der Waals surface area contributed by atoms with Crippen LogP contribution in [0.3, 0.4) is 0 Å². The number of aryl methyl sites for hydroxylation is 2. The van der Waals surface area contributed by atoms with Crippen molar-refractivity contribution in [1.82, 2.24) is 14.7 Å². The molecule has 1 aromatic rings. The first kappa shape index (κ1) is 16.5. The number of hydrogen-bond acceptors (Lipinski definition) is 4. The average Bonchev–Trinajstić information content (AvgIpc) is 3.03. The molecule has 1 N–H and O–H groups in total. The molecule has 2 fully saturated rings. The number of anilines is 1. The number of rotatable bonds is 4. The third-order valence-electron chi connectivity index (χ3n) is 5.35. The zero-order chi connectivity index (χ0) is 16.6. The minimum absolute atomic E-state index is 0.0840. The molecule has 6 heteroatoms. The van der Waals surface area contributed by atoms with Crippen LogP contribution in [0, 0.1) is 12.8 Å². The molecule has 1 aliphatic carbocycles. The zero-order valence-electron chi connectivity index (χ0n) is 14.4. The molecule has 2 heterocycles. The van der Waals surface area contributed by atoms with Crippen molar-refractivity contribution < 1.29 is 9.90 Å². The summed E-state index contributed by atoms with van der Waals surface area (Å²) in [7, 11) is 3.90. The lowest BCUT2D eigenvalue weighted by molar-refractivity contribution is -0.121. The van der Waals surface area contributed by atoms with Gasteiger partial charge >= 0.3 is 0 Å². The lowest BCUT2D eigenvalue weighted by atomic mass is 9.86. The van der Waals surface area contributed by atoms with Crippen LogP contribution in [0.5, 0.6) is 0 Å². The second kappa shape index (κ2) is 6.61. The molecule has 128 valence electrons. The number of likely N-dealkylation sites (N-methyl/N-ethyl adjacent to an activating group) is 1. The van der Waals surface area contributed by atoms with Crippen LogP contribution in [0.15, 0.2) is 6.07 Å². The second-order valence-electron chi connectivity index (χ2n) is 7.11. The third kappa shape index (κ3) is 3.28. The highest BCUT2D eigenvalue weighted by atomic mass is 16.3. The fraction of sp³-hybridized carbons (Fsp3) is 0.765. The topological polar surface area (TPSA) is 61.6 Å². The lowest BCUT2D eigenvalue weighted by Gasteiger charge is -2.33. The Labute approximate surface area is 138 Å². The minimum atomic E-state index is -0.210. The summed E-state index contributed by atoms with van der Waals surface area (Å²) < 4.78 is 1.78. The maximum Gasteiger partial charge on any atom is 0.245 e.